The molecule has 0 saturated heterocycles. The third-order valence-electron chi connectivity index (χ3n) is 6.66. The highest BCUT2D eigenvalue weighted by Crippen LogP contribution is 2.34. The van der Waals surface area contributed by atoms with Gasteiger partial charge in [-0.2, -0.15) is 0 Å². The second-order valence-corrected chi connectivity index (χ2v) is 12.8. The lowest BCUT2D eigenvalue weighted by molar-refractivity contribution is -0.141. The third-order valence-corrected chi connectivity index (χ3v) is 8.45. The molecule has 10 nitrogen and oxygen atoms in total. The molecule has 0 bridgehead atoms. The summed E-state index contributed by atoms with van der Waals surface area (Å²) in [5, 5.41) is 2.96. The topological polar surface area (TPSA) is 114 Å². The number of nitrogens with one attached hydrogen (secondary N) is 1. The molecule has 0 saturated carbocycles. The average molecular weight is 612 g/mol. The largest absolute Gasteiger partial charge is 0.497 e. The van der Waals surface area contributed by atoms with E-state index in [0.29, 0.717) is 23.7 Å². The minimum Gasteiger partial charge on any atom is -0.497 e. The molecule has 43 heavy (non-hydrogen) atoms. The first kappa shape index (κ1) is 33.3. The summed E-state index contributed by atoms with van der Waals surface area (Å²) in [6.07, 6.45) is 0.311. The van der Waals surface area contributed by atoms with Gasteiger partial charge in [0.05, 0.1) is 31.9 Å². The Labute approximate surface area is 254 Å². The van der Waals surface area contributed by atoms with Crippen molar-refractivity contribution in [2.24, 2.45) is 0 Å². The van der Waals surface area contributed by atoms with Gasteiger partial charge in [0.15, 0.2) is 11.5 Å². The summed E-state index contributed by atoms with van der Waals surface area (Å²) in [6.45, 7) is 6.90. The summed E-state index contributed by atoms with van der Waals surface area (Å²) in [4.78, 5) is 29.1. The summed E-state index contributed by atoms with van der Waals surface area (Å²) in [7, 11) is 0.262. The predicted octanol–water partition coefficient (Wildman–Crippen LogP) is 4.63. The van der Waals surface area contributed by atoms with Gasteiger partial charge >= 0.3 is 0 Å². The summed E-state index contributed by atoms with van der Waals surface area (Å²) in [5.41, 5.74) is 0.410. The summed E-state index contributed by atoms with van der Waals surface area (Å²) < 4.78 is 45.1. The molecule has 0 unspecified atom stereocenters. The fourth-order valence-electron chi connectivity index (χ4n) is 4.53. The first-order valence-corrected chi connectivity index (χ1v) is 15.3. The van der Waals surface area contributed by atoms with Crippen molar-refractivity contribution in [3.05, 3.63) is 78.4 Å². The Morgan fingerprint density at radius 3 is 2.02 bits per heavy atom. The predicted molar refractivity (Wildman–Crippen MR) is 166 cm³/mol. The monoisotopic (exact) mass is 611 g/mol. The molecule has 0 radical (unpaired) electrons. The van der Waals surface area contributed by atoms with Gasteiger partial charge in [0.25, 0.3) is 10.0 Å². The van der Waals surface area contributed by atoms with Crippen LogP contribution in [0.2, 0.25) is 0 Å². The van der Waals surface area contributed by atoms with Crippen LogP contribution in [-0.4, -0.2) is 64.6 Å². The molecule has 11 heteroatoms. The zero-order valence-electron chi connectivity index (χ0n) is 25.8. The van der Waals surface area contributed by atoms with Crippen LogP contribution in [0.15, 0.2) is 77.7 Å². The van der Waals surface area contributed by atoms with Crippen molar-refractivity contribution in [2.45, 2.75) is 57.1 Å². The molecule has 0 aliphatic carbocycles. The quantitative estimate of drug-likeness (QED) is 0.300. The van der Waals surface area contributed by atoms with Crippen LogP contribution >= 0.6 is 0 Å². The van der Waals surface area contributed by atoms with E-state index in [4.69, 9.17) is 14.2 Å². The average Bonchev–Trinajstić information content (AvgIpc) is 2.99. The zero-order valence-corrected chi connectivity index (χ0v) is 26.6. The standard InChI is InChI=1S/C32H41N3O7S/c1-8-27(31(37)33-32(2,3)4)34(21-23-14-17-25(40-5)18-15-23)30(36)22-35(43(38,39)26-12-10-9-11-13-26)24-16-19-28(41-6)29(20-24)42-7/h9-20,27H,8,21-22H2,1-7H3,(H,33,37)/t27-/m1/s1. The highest BCUT2D eigenvalue weighted by atomic mass is 32.2. The number of hydrogen-bond acceptors (Lipinski definition) is 7. The Hall–Kier alpha value is -4.25. The molecule has 0 heterocycles. The first-order chi connectivity index (χ1) is 20.3. The van der Waals surface area contributed by atoms with Gasteiger partial charge in [-0.25, -0.2) is 8.42 Å². The second kappa shape index (κ2) is 14.3. The van der Waals surface area contributed by atoms with Crippen LogP contribution in [0.3, 0.4) is 0 Å². The number of methoxy groups -OCH3 is 3. The van der Waals surface area contributed by atoms with Crippen LogP contribution in [0.4, 0.5) is 5.69 Å². The Morgan fingerprint density at radius 1 is 0.860 bits per heavy atom. The van der Waals surface area contributed by atoms with E-state index in [2.05, 4.69) is 5.32 Å². The van der Waals surface area contributed by atoms with E-state index in [1.54, 1.807) is 61.7 Å². The van der Waals surface area contributed by atoms with Crippen molar-refractivity contribution >= 4 is 27.5 Å². The fraction of sp³-hybridized carbons (Fsp3) is 0.375. The third kappa shape index (κ3) is 8.41. The Bertz CT molecular complexity index is 1490. The van der Waals surface area contributed by atoms with Gasteiger partial charge in [-0.3, -0.25) is 13.9 Å². The van der Waals surface area contributed by atoms with E-state index < -0.39 is 34.1 Å². The maximum atomic E-state index is 14.2. The van der Waals surface area contributed by atoms with Crippen LogP contribution in [0, 0.1) is 0 Å². The summed E-state index contributed by atoms with van der Waals surface area (Å²) >= 11 is 0. The minimum atomic E-state index is -4.22. The molecular formula is C32H41N3O7S. The van der Waals surface area contributed by atoms with E-state index >= 15 is 0 Å². The molecule has 0 aliphatic heterocycles. The molecule has 3 rings (SSSR count). The van der Waals surface area contributed by atoms with Gasteiger partial charge in [-0.15, -0.1) is 0 Å². The molecule has 1 atom stereocenters. The number of benzene rings is 3. The number of carbonyl (C=O) groups is 2. The van der Waals surface area contributed by atoms with E-state index in [-0.39, 0.29) is 23.0 Å². The van der Waals surface area contributed by atoms with Gasteiger partial charge in [0.1, 0.15) is 18.3 Å². The molecule has 0 aliphatic rings. The van der Waals surface area contributed by atoms with Gasteiger partial charge in [-0.1, -0.05) is 37.3 Å². The number of anilines is 1. The van der Waals surface area contributed by atoms with E-state index in [9.17, 15) is 18.0 Å². The molecule has 2 amide bonds. The Morgan fingerprint density at radius 2 is 1.49 bits per heavy atom. The Kier molecular flexibility index (Phi) is 11.0. The molecule has 3 aromatic carbocycles. The zero-order chi connectivity index (χ0) is 31.8. The highest BCUT2D eigenvalue weighted by Gasteiger charge is 2.35. The number of carbonyl (C=O) groups excluding carboxylic acids is 2. The van der Waals surface area contributed by atoms with E-state index in [1.165, 1.54) is 37.3 Å². The molecular weight excluding hydrogens is 570 g/mol. The number of amides is 2. The van der Waals surface area contributed by atoms with Crippen LogP contribution < -0.4 is 23.8 Å². The van der Waals surface area contributed by atoms with Crippen molar-refractivity contribution in [1.82, 2.24) is 10.2 Å². The number of nitrogens with zero attached hydrogens (tertiary/aromatic N) is 2. The number of rotatable bonds is 13. The minimum absolute atomic E-state index is 0.0109. The van der Waals surface area contributed by atoms with Crippen LogP contribution in [-0.2, 0) is 26.2 Å². The number of hydrogen-bond donors (Lipinski definition) is 1. The van der Waals surface area contributed by atoms with Crippen LogP contribution in [0.25, 0.3) is 0 Å². The molecule has 0 fully saturated rings. The van der Waals surface area contributed by atoms with Crippen molar-refractivity contribution in [2.75, 3.05) is 32.2 Å². The fourth-order valence-corrected chi connectivity index (χ4v) is 5.96. The molecule has 0 spiro atoms. The van der Waals surface area contributed by atoms with E-state index in [1.807, 2.05) is 27.7 Å². The summed E-state index contributed by atoms with van der Waals surface area (Å²) in [5.74, 6) is 0.460. The smallest absolute Gasteiger partial charge is 0.264 e. The van der Waals surface area contributed by atoms with Crippen molar-refractivity contribution in [1.29, 1.82) is 0 Å². The second-order valence-electron chi connectivity index (χ2n) is 10.9. The van der Waals surface area contributed by atoms with Gasteiger partial charge in [0.2, 0.25) is 11.8 Å². The van der Waals surface area contributed by atoms with Crippen molar-refractivity contribution in [3.8, 4) is 17.2 Å². The van der Waals surface area contributed by atoms with Gasteiger partial charge in [-0.05, 0) is 69.2 Å². The first-order valence-electron chi connectivity index (χ1n) is 13.9. The highest BCUT2D eigenvalue weighted by molar-refractivity contribution is 7.92. The lowest BCUT2D eigenvalue weighted by atomic mass is 10.1. The van der Waals surface area contributed by atoms with Crippen LogP contribution in [0.1, 0.15) is 39.7 Å². The molecule has 1 N–H and O–H groups in total. The Balaban J connectivity index is 2.11. The number of sulfonamides is 1. The number of ether oxygens (including phenoxy) is 3. The summed E-state index contributed by atoms with van der Waals surface area (Å²) in [6, 6.07) is 18.8. The maximum Gasteiger partial charge on any atom is 0.264 e. The normalized spacial score (nSPS) is 12.2. The maximum absolute atomic E-state index is 14.2. The van der Waals surface area contributed by atoms with Crippen molar-refractivity contribution in [3.63, 3.8) is 0 Å². The SMILES string of the molecule is CC[C@H](C(=O)NC(C)(C)C)N(Cc1ccc(OC)cc1)C(=O)CN(c1ccc(OC)c(OC)c1)S(=O)(=O)c1ccccc1. The molecule has 0 aromatic heterocycles. The van der Waals surface area contributed by atoms with Gasteiger partial charge in [0, 0.05) is 18.2 Å². The molecule has 3 aromatic rings. The molecule has 232 valence electrons. The lowest BCUT2D eigenvalue weighted by Crippen LogP contribution is -2.55. The van der Waals surface area contributed by atoms with Crippen molar-refractivity contribution < 1.29 is 32.2 Å². The van der Waals surface area contributed by atoms with Crippen LogP contribution in [0.5, 0.6) is 17.2 Å². The lowest BCUT2D eigenvalue weighted by Gasteiger charge is -2.35. The van der Waals surface area contributed by atoms with E-state index in [0.717, 1.165) is 9.87 Å². The van der Waals surface area contributed by atoms with Gasteiger partial charge < -0.3 is 24.4 Å².